The van der Waals surface area contributed by atoms with Crippen LogP contribution in [0.3, 0.4) is 0 Å². The Morgan fingerprint density at radius 1 is 0.793 bits per heavy atom. The van der Waals surface area contributed by atoms with Crippen LogP contribution in [0, 0.1) is 0 Å². The molecule has 0 saturated heterocycles. The lowest BCUT2D eigenvalue weighted by atomic mass is 9.88. The number of carbonyl (C=O) groups is 1. The fraction of sp³-hybridized carbons (Fsp3) is 0.148. The highest BCUT2D eigenvalue weighted by molar-refractivity contribution is 5.92. The monoisotopic (exact) mass is 378 g/mol. The highest BCUT2D eigenvalue weighted by Gasteiger charge is 2.26. The Balaban J connectivity index is 1.72. The molecule has 2 heteroatoms. The number of fused-ring (bicyclic) bond motifs is 2. The fourth-order valence-electron chi connectivity index (χ4n) is 4.62. The third-order valence-corrected chi connectivity index (χ3v) is 6.05. The molecule has 1 aliphatic carbocycles. The van der Waals surface area contributed by atoms with Gasteiger partial charge in [0.1, 0.15) is 0 Å². The first-order chi connectivity index (χ1) is 14.2. The summed E-state index contributed by atoms with van der Waals surface area (Å²) in [4.78, 5) is 11.4. The highest BCUT2D eigenvalue weighted by atomic mass is 16.4. The third kappa shape index (κ3) is 3.31. The summed E-state index contributed by atoms with van der Waals surface area (Å²) in [5.41, 5.74) is 7.26. The predicted molar refractivity (Wildman–Crippen MR) is 118 cm³/mol. The molecule has 0 aliphatic heterocycles. The normalized spacial score (nSPS) is 15.4. The second-order valence-electron chi connectivity index (χ2n) is 7.86. The lowest BCUT2D eigenvalue weighted by molar-refractivity contribution is -0.137. The lowest BCUT2D eigenvalue weighted by Gasteiger charge is -2.16. The molecule has 0 heterocycles. The average Bonchev–Trinajstić information content (AvgIpc) is 3.14. The molecule has 1 aliphatic rings. The van der Waals surface area contributed by atoms with E-state index in [0.717, 1.165) is 12.8 Å². The number of carboxylic acid groups (broad SMARTS) is 1. The number of aliphatic carboxylic acids is 1. The van der Waals surface area contributed by atoms with Gasteiger partial charge in [0.05, 0.1) is 6.42 Å². The van der Waals surface area contributed by atoms with Gasteiger partial charge in [-0.25, -0.2) is 0 Å². The van der Waals surface area contributed by atoms with Crippen molar-refractivity contribution in [3.63, 3.8) is 0 Å². The van der Waals surface area contributed by atoms with Crippen LogP contribution in [0.25, 0.3) is 33.0 Å². The molecule has 0 aromatic heterocycles. The second kappa shape index (κ2) is 7.21. The maximum Gasteiger partial charge on any atom is 0.303 e. The van der Waals surface area contributed by atoms with Crippen LogP contribution in [0.1, 0.15) is 29.9 Å². The van der Waals surface area contributed by atoms with Crippen LogP contribution in [0.2, 0.25) is 0 Å². The summed E-state index contributed by atoms with van der Waals surface area (Å²) in [7, 11) is 0. The Hall–Kier alpha value is -3.39. The average molecular weight is 378 g/mol. The van der Waals surface area contributed by atoms with Gasteiger partial charge in [0.15, 0.2) is 0 Å². The number of rotatable bonds is 4. The van der Waals surface area contributed by atoms with Crippen LogP contribution in [0.15, 0.2) is 84.9 Å². The Morgan fingerprint density at radius 2 is 1.52 bits per heavy atom. The fourth-order valence-corrected chi connectivity index (χ4v) is 4.62. The molecule has 29 heavy (non-hydrogen) atoms. The van der Waals surface area contributed by atoms with E-state index in [0.29, 0.717) is 0 Å². The maximum atomic E-state index is 11.4. The van der Waals surface area contributed by atoms with Gasteiger partial charge in [-0.05, 0) is 75.0 Å². The SMILES string of the molecule is O=C(O)CC1CCc2cc(-c3ccccc3)c(-c3ccc4ccccc4c3)cc21. The molecule has 142 valence electrons. The summed E-state index contributed by atoms with van der Waals surface area (Å²) >= 11 is 0. The second-order valence-corrected chi connectivity index (χ2v) is 7.86. The molecule has 0 amide bonds. The largest absolute Gasteiger partial charge is 0.481 e. The minimum Gasteiger partial charge on any atom is -0.481 e. The van der Waals surface area contributed by atoms with Gasteiger partial charge < -0.3 is 5.11 Å². The zero-order valence-corrected chi connectivity index (χ0v) is 16.1. The summed E-state index contributed by atoms with van der Waals surface area (Å²) < 4.78 is 0. The number of hydrogen-bond donors (Lipinski definition) is 1. The molecule has 5 rings (SSSR count). The van der Waals surface area contributed by atoms with E-state index >= 15 is 0 Å². The molecule has 1 N–H and O–H groups in total. The van der Waals surface area contributed by atoms with Gasteiger partial charge in [0.2, 0.25) is 0 Å². The molecule has 0 spiro atoms. The van der Waals surface area contributed by atoms with Crippen molar-refractivity contribution in [2.45, 2.75) is 25.2 Å². The summed E-state index contributed by atoms with van der Waals surface area (Å²) in [6.07, 6.45) is 2.07. The van der Waals surface area contributed by atoms with Gasteiger partial charge in [0.25, 0.3) is 0 Å². The van der Waals surface area contributed by atoms with Crippen molar-refractivity contribution in [1.82, 2.24) is 0 Å². The van der Waals surface area contributed by atoms with Gasteiger partial charge in [-0.15, -0.1) is 0 Å². The molecule has 1 unspecified atom stereocenters. The lowest BCUT2D eigenvalue weighted by Crippen LogP contribution is -2.03. The smallest absolute Gasteiger partial charge is 0.303 e. The van der Waals surface area contributed by atoms with Crippen LogP contribution in [0.5, 0.6) is 0 Å². The van der Waals surface area contributed by atoms with Crippen molar-refractivity contribution in [2.75, 3.05) is 0 Å². The Morgan fingerprint density at radius 3 is 2.31 bits per heavy atom. The molecular formula is C27H22O2. The number of carboxylic acids is 1. The van der Waals surface area contributed by atoms with Crippen molar-refractivity contribution in [3.05, 3.63) is 96.1 Å². The van der Waals surface area contributed by atoms with E-state index in [1.807, 2.05) is 6.07 Å². The third-order valence-electron chi connectivity index (χ3n) is 6.05. The first kappa shape index (κ1) is 17.7. The van der Waals surface area contributed by atoms with Crippen LogP contribution in [0.4, 0.5) is 0 Å². The number of hydrogen-bond acceptors (Lipinski definition) is 1. The summed E-state index contributed by atoms with van der Waals surface area (Å²) in [5.74, 6) is -0.617. The molecule has 0 bridgehead atoms. The minimum absolute atomic E-state index is 0.103. The Bertz CT molecular complexity index is 1210. The summed E-state index contributed by atoms with van der Waals surface area (Å²) in [6, 6.07) is 30.0. The maximum absolute atomic E-state index is 11.4. The summed E-state index contributed by atoms with van der Waals surface area (Å²) in [6.45, 7) is 0. The van der Waals surface area contributed by atoms with Gasteiger partial charge in [-0.2, -0.15) is 0 Å². The van der Waals surface area contributed by atoms with Gasteiger partial charge in [-0.3, -0.25) is 4.79 Å². The van der Waals surface area contributed by atoms with Crippen LogP contribution in [-0.2, 0) is 11.2 Å². The molecule has 1 atom stereocenters. The minimum atomic E-state index is -0.720. The van der Waals surface area contributed by atoms with E-state index in [1.165, 1.54) is 44.2 Å². The molecular weight excluding hydrogens is 356 g/mol. The van der Waals surface area contributed by atoms with Crippen LogP contribution >= 0.6 is 0 Å². The first-order valence-electron chi connectivity index (χ1n) is 10.1. The summed E-state index contributed by atoms with van der Waals surface area (Å²) in [5, 5.41) is 11.8. The molecule has 0 radical (unpaired) electrons. The predicted octanol–water partition coefficient (Wildman–Crippen LogP) is 6.68. The molecule has 2 nitrogen and oxygen atoms in total. The molecule has 0 saturated carbocycles. The van der Waals surface area contributed by atoms with Crippen molar-refractivity contribution >= 4 is 16.7 Å². The standard InChI is InChI=1S/C27H22O2/c28-27(29)16-23-13-12-22-15-25(19-7-2-1-3-8-19)26(17-24(22)23)21-11-10-18-6-4-5-9-20(18)14-21/h1-11,14-15,17,23H,12-13,16H2,(H,28,29). The van der Waals surface area contributed by atoms with Gasteiger partial charge >= 0.3 is 5.97 Å². The van der Waals surface area contributed by atoms with Crippen LogP contribution in [-0.4, -0.2) is 11.1 Å². The van der Waals surface area contributed by atoms with Crippen molar-refractivity contribution in [2.24, 2.45) is 0 Å². The first-order valence-corrected chi connectivity index (χ1v) is 10.1. The Labute approximate surface area is 170 Å². The van der Waals surface area contributed by atoms with Crippen molar-refractivity contribution < 1.29 is 9.90 Å². The molecule has 0 fully saturated rings. The zero-order chi connectivity index (χ0) is 19.8. The van der Waals surface area contributed by atoms with E-state index in [2.05, 4.69) is 78.9 Å². The van der Waals surface area contributed by atoms with Crippen molar-refractivity contribution in [3.8, 4) is 22.3 Å². The number of aryl methyl sites for hydroxylation is 1. The Kier molecular flexibility index (Phi) is 4.40. The van der Waals surface area contributed by atoms with E-state index in [9.17, 15) is 9.90 Å². The van der Waals surface area contributed by atoms with E-state index in [4.69, 9.17) is 0 Å². The van der Waals surface area contributed by atoms with E-state index < -0.39 is 5.97 Å². The van der Waals surface area contributed by atoms with E-state index in [1.54, 1.807) is 0 Å². The van der Waals surface area contributed by atoms with Crippen molar-refractivity contribution in [1.29, 1.82) is 0 Å². The highest BCUT2D eigenvalue weighted by Crippen LogP contribution is 2.43. The topological polar surface area (TPSA) is 37.3 Å². The van der Waals surface area contributed by atoms with E-state index in [-0.39, 0.29) is 12.3 Å². The zero-order valence-electron chi connectivity index (χ0n) is 16.1. The quantitative estimate of drug-likeness (QED) is 0.430. The molecule has 4 aromatic rings. The van der Waals surface area contributed by atoms with Gasteiger partial charge in [0, 0.05) is 0 Å². The van der Waals surface area contributed by atoms with Gasteiger partial charge in [-0.1, -0.05) is 72.8 Å². The molecule has 4 aromatic carbocycles. The number of benzene rings is 4. The van der Waals surface area contributed by atoms with Crippen LogP contribution < -0.4 is 0 Å².